The number of nitrogens with zero attached hydrogens (tertiary/aromatic N) is 5. The van der Waals surface area contributed by atoms with E-state index in [0.717, 1.165) is 37.3 Å². The third kappa shape index (κ3) is 6.27. The molecular weight excluding hydrogens is 414 g/mol. The molecule has 1 saturated heterocycles. The molecule has 0 atom stereocenters. The maximum absolute atomic E-state index is 13.0. The van der Waals surface area contributed by atoms with Crippen molar-refractivity contribution in [1.82, 2.24) is 24.8 Å². The van der Waals surface area contributed by atoms with Gasteiger partial charge in [-0.2, -0.15) is 4.98 Å². The van der Waals surface area contributed by atoms with Crippen LogP contribution in [0.15, 0.2) is 59.1 Å². The number of hydrogen-bond donors (Lipinski definition) is 0. The third-order valence-electron chi connectivity index (χ3n) is 6.10. The minimum atomic E-state index is 0.166. The number of hydrogen-bond acceptors (Lipinski definition) is 6. The Labute approximate surface area is 196 Å². The predicted molar refractivity (Wildman–Crippen MR) is 128 cm³/mol. The van der Waals surface area contributed by atoms with Gasteiger partial charge in [0, 0.05) is 44.3 Å². The maximum atomic E-state index is 13.0. The standard InChI is InChI=1S/C26H33N5O2/c1-20(2)31(17-22-7-5-4-6-8-22)25(32)19-30-15-13-29(14-16-30)18-24-27-26(28-33-24)23-11-9-21(3)10-12-23/h4-12,20H,13-19H2,1-3H3. The van der Waals surface area contributed by atoms with Crippen LogP contribution in [0.25, 0.3) is 11.4 Å². The summed E-state index contributed by atoms with van der Waals surface area (Å²) in [4.78, 5) is 24.1. The van der Waals surface area contributed by atoms with Gasteiger partial charge in [0.1, 0.15) is 0 Å². The molecule has 33 heavy (non-hydrogen) atoms. The lowest BCUT2D eigenvalue weighted by Gasteiger charge is -2.35. The van der Waals surface area contributed by atoms with Gasteiger partial charge in [0.25, 0.3) is 0 Å². The molecule has 0 N–H and O–H groups in total. The zero-order valence-electron chi connectivity index (χ0n) is 19.8. The summed E-state index contributed by atoms with van der Waals surface area (Å²) < 4.78 is 5.48. The van der Waals surface area contributed by atoms with E-state index in [9.17, 15) is 4.79 Å². The van der Waals surface area contributed by atoms with Crippen LogP contribution in [0.2, 0.25) is 0 Å². The van der Waals surface area contributed by atoms with Crippen LogP contribution in [0.3, 0.4) is 0 Å². The van der Waals surface area contributed by atoms with Gasteiger partial charge in [-0.3, -0.25) is 14.6 Å². The molecule has 3 aromatic rings. The molecule has 1 amide bonds. The van der Waals surface area contributed by atoms with Crippen molar-refractivity contribution in [3.05, 3.63) is 71.6 Å². The smallest absolute Gasteiger partial charge is 0.241 e. The molecule has 0 spiro atoms. The number of amides is 1. The average Bonchev–Trinajstić information content (AvgIpc) is 3.28. The zero-order chi connectivity index (χ0) is 23.2. The topological polar surface area (TPSA) is 65.7 Å². The summed E-state index contributed by atoms with van der Waals surface area (Å²) in [6.45, 7) is 11.4. The molecule has 0 radical (unpaired) electrons. The Morgan fingerprint density at radius 1 is 1.00 bits per heavy atom. The first-order chi connectivity index (χ1) is 16.0. The van der Waals surface area contributed by atoms with E-state index >= 15 is 0 Å². The molecule has 1 aliphatic heterocycles. The van der Waals surface area contributed by atoms with E-state index in [1.165, 1.54) is 5.56 Å². The molecule has 0 bridgehead atoms. The predicted octanol–water partition coefficient (Wildman–Crippen LogP) is 3.60. The van der Waals surface area contributed by atoms with Crippen LogP contribution in [0.4, 0.5) is 0 Å². The van der Waals surface area contributed by atoms with Crippen LogP contribution in [0.1, 0.15) is 30.9 Å². The van der Waals surface area contributed by atoms with Crippen molar-refractivity contribution in [3.63, 3.8) is 0 Å². The largest absolute Gasteiger partial charge is 0.338 e. The molecular formula is C26H33N5O2. The average molecular weight is 448 g/mol. The van der Waals surface area contributed by atoms with Gasteiger partial charge in [-0.1, -0.05) is 65.3 Å². The lowest BCUT2D eigenvalue weighted by Crippen LogP contribution is -2.50. The van der Waals surface area contributed by atoms with Crippen LogP contribution in [0, 0.1) is 6.92 Å². The molecule has 2 aromatic carbocycles. The van der Waals surface area contributed by atoms with E-state index in [1.54, 1.807) is 0 Å². The van der Waals surface area contributed by atoms with Gasteiger partial charge in [-0.15, -0.1) is 0 Å². The fraction of sp³-hybridized carbons (Fsp3) is 0.423. The Morgan fingerprint density at radius 2 is 1.67 bits per heavy atom. The van der Waals surface area contributed by atoms with Crippen LogP contribution in [-0.2, 0) is 17.9 Å². The molecule has 4 rings (SSSR count). The molecule has 1 aromatic heterocycles. The molecule has 7 nitrogen and oxygen atoms in total. The van der Waals surface area contributed by atoms with Gasteiger partial charge in [0.2, 0.25) is 17.6 Å². The SMILES string of the molecule is Cc1ccc(-c2noc(CN3CCN(CC(=O)N(Cc4ccccc4)C(C)C)CC3)n2)cc1. The molecule has 174 valence electrons. The molecule has 2 heterocycles. The van der Waals surface area contributed by atoms with Crippen molar-refractivity contribution in [2.24, 2.45) is 0 Å². The number of aryl methyl sites for hydroxylation is 1. The highest BCUT2D eigenvalue weighted by atomic mass is 16.5. The summed E-state index contributed by atoms with van der Waals surface area (Å²) in [6.07, 6.45) is 0. The molecule has 1 fully saturated rings. The van der Waals surface area contributed by atoms with Crippen molar-refractivity contribution >= 4 is 5.91 Å². The van der Waals surface area contributed by atoms with Crippen molar-refractivity contribution in [1.29, 1.82) is 0 Å². The van der Waals surface area contributed by atoms with Gasteiger partial charge in [0.15, 0.2) is 0 Å². The van der Waals surface area contributed by atoms with Gasteiger partial charge in [-0.05, 0) is 26.3 Å². The number of benzene rings is 2. The van der Waals surface area contributed by atoms with E-state index in [1.807, 2.05) is 47.4 Å². The molecule has 1 aliphatic rings. The Bertz CT molecular complexity index is 1020. The molecule has 0 aliphatic carbocycles. The summed E-state index contributed by atoms with van der Waals surface area (Å²) >= 11 is 0. The van der Waals surface area contributed by atoms with Gasteiger partial charge in [0.05, 0.1) is 13.1 Å². The fourth-order valence-electron chi connectivity index (χ4n) is 4.06. The lowest BCUT2D eigenvalue weighted by atomic mass is 10.1. The van der Waals surface area contributed by atoms with Crippen molar-refractivity contribution < 1.29 is 9.32 Å². The van der Waals surface area contributed by atoms with Crippen LogP contribution in [0.5, 0.6) is 0 Å². The van der Waals surface area contributed by atoms with Gasteiger partial charge >= 0.3 is 0 Å². The second-order valence-corrected chi connectivity index (χ2v) is 9.03. The van der Waals surface area contributed by atoms with E-state index < -0.39 is 0 Å². The van der Waals surface area contributed by atoms with Crippen LogP contribution >= 0.6 is 0 Å². The van der Waals surface area contributed by atoms with E-state index in [-0.39, 0.29) is 11.9 Å². The molecule has 0 unspecified atom stereocenters. The number of rotatable bonds is 8. The first kappa shape index (κ1) is 23.1. The summed E-state index contributed by atoms with van der Waals surface area (Å²) in [5.41, 5.74) is 3.33. The number of piperazine rings is 1. The first-order valence-electron chi connectivity index (χ1n) is 11.7. The van der Waals surface area contributed by atoms with Crippen molar-refractivity contribution in [2.75, 3.05) is 32.7 Å². The van der Waals surface area contributed by atoms with E-state index in [4.69, 9.17) is 4.52 Å². The van der Waals surface area contributed by atoms with Gasteiger partial charge in [-0.25, -0.2) is 0 Å². The normalized spacial score (nSPS) is 15.2. The molecule has 7 heteroatoms. The summed E-state index contributed by atoms with van der Waals surface area (Å²) in [6, 6.07) is 18.5. The highest BCUT2D eigenvalue weighted by Gasteiger charge is 2.24. The Balaban J connectivity index is 1.26. The van der Waals surface area contributed by atoms with Gasteiger partial charge < -0.3 is 9.42 Å². The lowest BCUT2D eigenvalue weighted by molar-refractivity contribution is -0.135. The molecule has 0 saturated carbocycles. The monoisotopic (exact) mass is 447 g/mol. The zero-order valence-corrected chi connectivity index (χ0v) is 19.8. The maximum Gasteiger partial charge on any atom is 0.241 e. The summed E-state index contributed by atoms with van der Waals surface area (Å²) in [5, 5.41) is 4.13. The number of carbonyl (C=O) groups is 1. The summed E-state index contributed by atoms with van der Waals surface area (Å²) in [5.74, 6) is 1.44. The van der Waals surface area contributed by atoms with Crippen LogP contribution in [-0.4, -0.2) is 69.5 Å². The Kier molecular flexibility index (Phi) is 7.52. The van der Waals surface area contributed by atoms with E-state index in [0.29, 0.717) is 31.3 Å². The minimum Gasteiger partial charge on any atom is -0.338 e. The first-order valence-corrected chi connectivity index (χ1v) is 11.7. The fourth-order valence-corrected chi connectivity index (χ4v) is 4.06. The highest BCUT2D eigenvalue weighted by molar-refractivity contribution is 5.78. The minimum absolute atomic E-state index is 0.166. The van der Waals surface area contributed by atoms with Crippen LogP contribution < -0.4 is 0 Å². The van der Waals surface area contributed by atoms with E-state index in [2.05, 4.69) is 52.8 Å². The quantitative estimate of drug-likeness (QED) is 0.526. The second-order valence-electron chi connectivity index (χ2n) is 9.03. The number of aromatic nitrogens is 2. The van der Waals surface area contributed by atoms with Crippen molar-refractivity contribution in [3.8, 4) is 11.4 Å². The number of carbonyl (C=O) groups excluding carboxylic acids is 1. The Hall–Kier alpha value is -3.03. The second kappa shape index (κ2) is 10.7. The third-order valence-corrected chi connectivity index (χ3v) is 6.10. The summed E-state index contributed by atoms with van der Waals surface area (Å²) in [7, 11) is 0. The Morgan fingerprint density at radius 3 is 2.33 bits per heavy atom. The highest BCUT2D eigenvalue weighted by Crippen LogP contribution is 2.17. The van der Waals surface area contributed by atoms with Crippen molar-refractivity contribution in [2.45, 2.75) is 39.9 Å².